The predicted molar refractivity (Wildman–Crippen MR) is 72.2 cm³/mol. The number of rotatable bonds is 3. The van der Waals surface area contributed by atoms with Crippen molar-refractivity contribution in [2.24, 2.45) is 0 Å². The molecule has 19 heavy (non-hydrogen) atoms. The number of fused-ring (bicyclic) bond motifs is 1. The number of hydrogen-bond acceptors (Lipinski definition) is 5. The lowest BCUT2D eigenvalue weighted by molar-refractivity contribution is 0.0961. The lowest BCUT2D eigenvalue weighted by Gasteiger charge is -2.05. The van der Waals surface area contributed by atoms with Crippen LogP contribution in [0.15, 0.2) is 18.2 Å². The highest BCUT2D eigenvalue weighted by atomic mass is 32.1. The van der Waals surface area contributed by atoms with Gasteiger partial charge in [-0.2, -0.15) is 0 Å². The number of ether oxygens (including phenoxy) is 2. The molecule has 4 nitrogen and oxygen atoms in total. The summed E-state index contributed by atoms with van der Waals surface area (Å²) >= 11 is 1.64. The number of aromatic nitrogens is 1. The van der Waals surface area contributed by atoms with Gasteiger partial charge in [0, 0.05) is 10.9 Å². The maximum atomic E-state index is 11.4. The number of hydrogen-bond donors (Lipinski definition) is 0. The van der Waals surface area contributed by atoms with Gasteiger partial charge in [-0.15, -0.1) is 11.3 Å². The van der Waals surface area contributed by atoms with Crippen molar-refractivity contribution in [1.82, 2.24) is 4.98 Å². The molecular formula is C14H13NO3S. The molecule has 0 amide bonds. The second-order valence-corrected chi connectivity index (χ2v) is 5.70. The van der Waals surface area contributed by atoms with Gasteiger partial charge in [0.25, 0.3) is 0 Å². The fourth-order valence-electron chi connectivity index (χ4n) is 1.91. The minimum Gasteiger partial charge on any atom is -0.486 e. The molecule has 0 unspecified atom stereocenters. The summed E-state index contributed by atoms with van der Waals surface area (Å²) in [6, 6.07) is 5.30. The van der Waals surface area contributed by atoms with Gasteiger partial charge in [-0.25, -0.2) is 4.98 Å². The summed E-state index contributed by atoms with van der Waals surface area (Å²) in [5.41, 5.74) is 1.68. The van der Waals surface area contributed by atoms with Crippen LogP contribution in [0, 0.1) is 13.8 Å². The Hall–Kier alpha value is -1.88. The SMILES string of the molecule is Cc1nc(COc2ccc3c(c2)OCC3=O)sc1C. The fraction of sp³-hybridized carbons (Fsp3) is 0.286. The lowest BCUT2D eigenvalue weighted by Crippen LogP contribution is -1.98. The molecule has 0 N–H and O–H groups in total. The zero-order valence-electron chi connectivity index (χ0n) is 10.7. The Bertz CT molecular complexity index is 629. The van der Waals surface area contributed by atoms with Crippen molar-refractivity contribution in [2.75, 3.05) is 6.61 Å². The highest BCUT2D eigenvalue weighted by molar-refractivity contribution is 7.11. The summed E-state index contributed by atoms with van der Waals surface area (Å²) in [5, 5.41) is 0.951. The number of aryl methyl sites for hydroxylation is 2. The van der Waals surface area contributed by atoms with Crippen LogP contribution in [0.4, 0.5) is 0 Å². The zero-order chi connectivity index (χ0) is 13.4. The number of thiazole rings is 1. The Kier molecular flexibility index (Phi) is 2.98. The molecule has 1 aliphatic rings. The third-order valence-electron chi connectivity index (χ3n) is 3.05. The number of ketones is 1. The molecule has 1 aromatic carbocycles. The van der Waals surface area contributed by atoms with E-state index in [0.29, 0.717) is 23.7 Å². The molecule has 0 atom stereocenters. The third kappa shape index (κ3) is 2.33. The molecule has 1 aliphatic heterocycles. The first-order chi connectivity index (χ1) is 9.13. The summed E-state index contributed by atoms with van der Waals surface area (Å²) < 4.78 is 11.0. The average Bonchev–Trinajstić information content (AvgIpc) is 2.91. The lowest BCUT2D eigenvalue weighted by atomic mass is 10.1. The first-order valence-electron chi connectivity index (χ1n) is 5.99. The molecule has 0 radical (unpaired) electrons. The van der Waals surface area contributed by atoms with Crippen LogP contribution in [-0.4, -0.2) is 17.4 Å². The second kappa shape index (κ2) is 4.66. The molecule has 5 heteroatoms. The molecule has 98 valence electrons. The van der Waals surface area contributed by atoms with E-state index in [4.69, 9.17) is 9.47 Å². The van der Waals surface area contributed by atoms with Gasteiger partial charge in [-0.1, -0.05) is 0 Å². The Morgan fingerprint density at radius 1 is 1.42 bits per heavy atom. The molecule has 0 aliphatic carbocycles. The highest BCUT2D eigenvalue weighted by Gasteiger charge is 2.21. The van der Waals surface area contributed by atoms with Crippen LogP contribution < -0.4 is 9.47 Å². The zero-order valence-corrected chi connectivity index (χ0v) is 11.5. The Morgan fingerprint density at radius 3 is 3.00 bits per heavy atom. The summed E-state index contributed by atoms with van der Waals surface area (Å²) in [6.45, 7) is 4.60. The van der Waals surface area contributed by atoms with Crippen LogP contribution in [0.3, 0.4) is 0 Å². The second-order valence-electron chi connectivity index (χ2n) is 4.41. The Labute approximate surface area is 115 Å². The number of carbonyl (C=O) groups excluding carboxylic acids is 1. The monoisotopic (exact) mass is 275 g/mol. The van der Waals surface area contributed by atoms with E-state index in [2.05, 4.69) is 4.98 Å². The van der Waals surface area contributed by atoms with Crippen molar-refractivity contribution in [3.05, 3.63) is 39.3 Å². The van der Waals surface area contributed by atoms with E-state index in [1.165, 1.54) is 4.88 Å². The van der Waals surface area contributed by atoms with E-state index in [9.17, 15) is 4.79 Å². The van der Waals surface area contributed by atoms with Crippen LogP contribution in [-0.2, 0) is 6.61 Å². The maximum Gasteiger partial charge on any atom is 0.203 e. The predicted octanol–water partition coefficient (Wildman–Crippen LogP) is 2.91. The van der Waals surface area contributed by atoms with Crippen molar-refractivity contribution >= 4 is 17.1 Å². The van der Waals surface area contributed by atoms with Gasteiger partial charge in [0.2, 0.25) is 5.78 Å². The normalized spacial score (nSPS) is 13.3. The standard InChI is InChI=1S/C14H13NO3S/c1-8-9(2)19-14(15-8)7-17-10-3-4-11-12(16)6-18-13(11)5-10/h3-5H,6-7H2,1-2H3. The van der Waals surface area contributed by atoms with E-state index in [1.807, 2.05) is 13.8 Å². The highest BCUT2D eigenvalue weighted by Crippen LogP contribution is 2.30. The number of carbonyl (C=O) groups is 1. The van der Waals surface area contributed by atoms with Crippen LogP contribution in [0.1, 0.15) is 25.9 Å². The molecule has 0 spiro atoms. The topological polar surface area (TPSA) is 48.4 Å². The van der Waals surface area contributed by atoms with Crippen molar-refractivity contribution in [3.8, 4) is 11.5 Å². The largest absolute Gasteiger partial charge is 0.486 e. The summed E-state index contributed by atoms with van der Waals surface area (Å²) in [7, 11) is 0. The smallest absolute Gasteiger partial charge is 0.203 e. The maximum absolute atomic E-state index is 11.4. The van der Waals surface area contributed by atoms with E-state index in [-0.39, 0.29) is 12.4 Å². The van der Waals surface area contributed by atoms with Crippen LogP contribution in [0.5, 0.6) is 11.5 Å². The number of benzene rings is 1. The van der Waals surface area contributed by atoms with Gasteiger partial charge in [0.05, 0.1) is 11.3 Å². The summed E-state index contributed by atoms with van der Waals surface area (Å²) in [5.74, 6) is 1.32. The molecule has 2 aromatic rings. The van der Waals surface area contributed by atoms with Crippen molar-refractivity contribution in [2.45, 2.75) is 20.5 Å². The third-order valence-corrected chi connectivity index (χ3v) is 4.09. The van der Waals surface area contributed by atoms with Crippen LogP contribution >= 0.6 is 11.3 Å². The van der Waals surface area contributed by atoms with Gasteiger partial charge >= 0.3 is 0 Å². The van der Waals surface area contributed by atoms with Gasteiger partial charge in [-0.05, 0) is 26.0 Å². The number of Topliss-reactive ketones (excluding diaryl/α,β-unsaturated/α-hetero) is 1. The van der Waals surface area contributed by atoms with Crippen molar-refractivity contribution < 1.29 is 14.3 Å². The Morgan fingerprint density at radius 2 is 2.26 bits per heavy atom. The minimum absolute atomic E-state index is 0.0210. The first kappa shape index (κ1) is 12.2. The minimum atomic E-state index is 0.0210. The summed E-state index contributed by atoms with van der Waals surface area (Å²) in [6.07, 6.45) is 0. The van der Waals surface area contributed by atoms with Crippen molar-refractivity contribution in [3.63, 3.8) is 0 Å². The molecule has 2 heterocycles. The molecule has 0 fully saturated rings. The average molecular weight is 275 g/mol. The Balaban J connectivity index is 1.72. The molecule has 1 aromatic heterocycles. The molecule has 0 bridgehead atoms. The van der Waals surface area contributed by atoms with Gasteiger partial charge < -0.3 is 9.47 Å². The van der Waals surface area contributed by atoms with Crippen LogP contribution in [0.2, 0.25) is 0 Å². The van der Waals surface area contributed by atoms with Crippen LogP contribution in [0.25, 0.3) is 0 Å². The molecule has 3 rings (SSSR count). The van der Waals surface area contributed by atoms with Gasteiger partial charge in [0.1, 0.15) is 23.1 Å². The first-order valence-corrected chi connectivity index (χ1v) is 6.81. The van der Waals surface area contributed by atoms with E-state index < -0.39 is 0 Å². The molecule has 0 saturated carbocycles. The fourth-order valence-corrected chi connectivity index (χ4v) is 2.76. The van der Waals surface area contributed by atoms with E-state index in [1.54, 1.807) is 29.5 Å². The van der Waals surface area contributed by atoms with Gasteiger partial charge in [-0.3, -0.25) is 4.79 Å². The van der Waals surface area contributed by atoms with E-state index >= 15 is 0 Å². The number of nitrogens with zero attached hydrogens (tertiary/aromatic N) is 1. The quantitative estimate of drug-likeness (QED) is 0.864. The molecular weight excluding hydrogens is 262 g/mol. The van der Waals surface area contributed by atoms with Crippen molar-refractivity contribution in [1.29, 1.82) is 0 Å². The molecule has 0 saturated heterocycles. The van der Waals surface area contributed by atoms with Gasteiger partial charge in [0.15, 0.2) is 6.61 Å². The van der Waals surface area contributed by atoms with E-state index in [0.717, 1.165) is 10.7 Å². The summed E-state index contributed by atoms with van der Waals surface area (Å²) in [4.78, 5) is 17.0.